The molecule has 5 rings (SSSR count). The van der Waals surface area contributed by atoms with Crippen LogP contribution in [0.2, 0.25) is 0 Å². The molecule has 1 N–H and O–H groups in total. The minimum atomic E-state index is -0.171. The van der Waals surface area contributed by atoms with Crippen LogP contribution in [0.5, 0.6) is 0 Å². The molecule has 1 aliphatic carbocycles. The van der Waals surface area contributed by atoms with Gasteiger partial charge < -0.3 is 5.32 Å². The zero-order valence-electron chi connectivity index (χ0n) is 18.4. The smallest absolute Gasteiger partial charge is 0.256 e. The number of benzene rings is 1. The molecule has 0 fully saturated rings. The van der Waals surface area contributed by atoms with Crippen LogP contribution in [0, 0.1) is 13.8 Å². The molecule has 0 aliphatic heterocycles. The molecule has 9 heteroatoms. The molecule has 3 heterocycles. The van der Waals surface area contributed by atoms with Gasteiger partial charge in [0.05, 0.1) is 11.3 Å². The average Bonchev–Trinajstić information content (AvgIpc) is 3.38. The van der Waals surface area contributed by atoms with Gasteiger partial charge in [-0.25, -0.2) is 4.98 Å². The van der Waals surface area contributed by atoms with E-state index in [1.54, 1.807) is 0 Å². The van der Waals surface area contributed by atoms with E-state index in [2.05, 4.69) is 20.5 Å². The molecule has 0 atom stereocenters. The second kappa shape index (κ2) is 9.07. The molecule has 4 aromatic rings. The lowest BCUT2D eigenvalue weighted by Crippen LogP contribution is -2.16. The number of hydrogen-bond acceptors (Lipinski definition) is 7. The van der Waals surface area contributed by atoms with Crippen LogP contribution in [0.3, 0.4) is 0 Å². The van der Waals surface area contributed by atoms with Gasteiger partial charge in [-0.05, 0) is 51.2 Å². The maximum Gasteiger partial charge on any atom is 0.256 e. The first-order valence-electron chi connectivity index (χ1n) is 10.9. The molecule has 1 amide bonds. The molecule has 0 radical (unpaired) electrons. The van der Waals surface area contributed by atoms with E-state index in [0.717, 1.165) is 42.6 Å². The van der Waals surface area contributed by atoms with Crippen molar-refractivity contribution in [2.45, 2.75) is 44.7 Å². The molecule has 0 unspecified atom stereocenters. The van der Waals surface area contributed by atoms with Crippen LogP contribution in [-0.4, -0.2) is 37.0 Å². The van der Waals surface area contributed by atoms with Gasteiger partial charge >= 0.3 is 0 Å². The summed E-state index contributed by atoms with van der Waals surface area (Å²) in [6.45, 7) is 3.88. The first-order chi connectivity index (χ1) is 16.0. The van der Waals surface area contributed by atoms with Gasteiger partial charge in [0.2, 0.25) is 5.91 Å². The number of aromatic nitrogens is 4. The quantitative estimate of drug-likeness (QED) is 0.321. The number of nitrogens with zero attached hydrogens (tertiary/aromatic N) is 4. The Morgan fingerprint density at radius 2 is 1.91 bits per heavy atom. The number of fused-ring (bicyclic) bond motifs is 2. The molecule has 0 spiro atoms. The van der Waals surface area contributed by atoms with E-state index in [1.807, 2.05) is 54.6 Å². The predicted molar refractivity (Wildman–Crippen MR) is 130 cm³/mol. The Bertz CT molecular complexity index is 1360. The molecular weight excluding hydrogens is 454 g/mol. The summed E-state index contributed by atoms with van der Waals surface area (Å²) >= 11 is 2.84. The van der Waals surface area contributed by atoms with Crippen molar-refractivity contribution in [1.29, 1.82) is 0 Å². The first-order valence-corrected chi connectivity index (χ1v) is 12.7. The summed E-state index contributed by atoms with van der Waals surface area (Å²) in [5.74, 6) is 0.487. The van der Waals surface area contributed by atoms with Crippen LogP contribution in [-0.2, 0) is 17.6 Å². The maximum atomic E-state index is 13.4. The normalized spacial score (nSPS) is 13.2. The molecule has 0 saturated heterocycles. The van der Waals surface area contributed by atoms with Gasteiger partial charge in [0.15, 0.2) is 10.9 Å². The van der Waals surface area contributed by atoms with E-state index in [4.69, 9.17) is 0 Å². The summed E-state index contributed by atoms with van der Waals surface area (Å²) in [5.41, 5.74) is 4.24. The molecule has 3 aromatic heterocycles. The van der Waals surface area contributed by atoms with Crippen molar-refractivity contribution in [2.24, 2.45) is 0 Å². The Hall–Kier alpha value is -3.04. The minimum absolute atomic E-state index is 0.0292. The van der Waals surface area contributed by atoms with Crippen LogP contribution in [0.25, 0.3) is 5.78 Å². The van der Waals surface area contributed by atoms with E-state index in [-0.39, 0.29) is 17.4 Å². The van der Waals surface area contributed by atoms with Crippen molar-refractivity contribution in [3.05, 3.63) is 69.4 Å². The van der Waals surface area contributed by atoms with Gasteiger partial charge in [0.25, 0.3) is 5.78 Å². The largest absolute Gasteiger partial charge is 0.316 e. The maximum absolute atomic E-state index is 13.4. The number of aryl methyl sites for hydroxylation is 3. The van der Waals surface area contributed by atoms with Gasteiger partial charge in [0, 0.05) is 21.8 Å². The Morgan fingerprint density at radius 1 is 1.12 bits per heavy atom. The Morgan fingerprint density at radius 3 is 2.73 bits per heavy atom. The van der Waals surface area contributed by atoms with E-state index in [0.29, 0.717) is 27.1 Å². The Kier molecular flexibility index (Phi) is 5.99. The van der Waals surface area contributed by atoms with Gasteiger partial charge in [-0.1, -0.05) is 42.1 Å². The fourth-order valence-corrected chi connectivity index (χ4v) is 6.30. The van der Waals surface area contributed by atoms with Crippen molar-refractivity contribution in [1.82, 2.24) is 19.6 Å². The minimum Gasteiger partial charge on any atom is -0.316 e. The fourth-order valence-electron chi connectivity index (χ4n) is 4.21. The molecule has 33 heavy (non-hydrogen) atoms. The first kappa shape index (κ1) is 21.8. The van der Waals surface area contributed by atoms with Crippen LogP contribution in [0.15, 0.2) is 41.6 Å². The SMILES string of the molecule is Cc1cc(C)n2c(SCC(=O)Nc3sc4c(c3C(=O)c3ccccc3)CCCC4)nnc2n1. The summed E-state index contributed by atoms with van der Waals surface area (Å²) in [7, 11) is 0. The zero-order valence-corrected chi connectivity index (χ0v) is 20.1. The summed E-state index contributed by atoms with van der Waals surface area (Å²) in [4.78, 5) is 31.9. The molecule has 0 saturated carbocycles. The number of carbonyl (C=O) groups is 2. The number of ketones is 1. The van der Waals surface area contributed by atoms with Crippen LogP contribution in [0.4, 0.5) is 5.00 Å². The highest BCUT2D eigenvalue weighted by Crippen LogP contribution is 2.39. The summed E-state index contributed by atoms with van der Waals surface area (Å²) in [6, 6.07) is 11.2. The standard InChI is InChI=1S/C24H23N5O2S2/c1-14-12-15(2)29-23(25-14)27-28-24(29)32-13-19(30)26-22-20(17-10-6-7-11-18(17)33-22)21(31)16-8-4-3-5-9-16/h3-5,8-9,12H,6-7,10-11,13H2,1-2H3,(H,26,30). The van der Waals surface area contributed by atoms with E-state index in [9.17, 15) is 9.59 Å². The third-order valence-electron chi connectivity index (χ3n) is 5.68. The highest BCUT2D eigenvalue weighted by Gasteiger charge is 2.27. The summed E-state index contributed by atoms with van der Waals surface area (Å²) < 4.78 is 1.85. The molecule has 0 bridgehead atoms. The lowest BCUT2D eigenvalue weighted by atomic mass is 9.92. The molecule has 168 valence electrons. The van der Waals surface area contributed by atoms with E-state index >= 15 is 0 Å². The lowest BCUT2D eigenvalue weighted by Gasteiger charge is -2.12. The number of carbonyl (C=O) groups excluding carboxylic acids is 2. The summed E-state index contributed by atoms with van der Waals surface area (Å²) in [6.07, 6.45) is 4.01. The van der Waals surface area contributed by atoms with Crippen molar-refractivity contribution < 1.29 is 9.59 Å². The number of thioether (sulfide) groups is 1. The third kappa shape index (κ3) is 4.30. The number of rotatable bonds is 6. The van der Waals surface area contributed by atoms with E-state index in [1.165, 1.54) is 28.0 Å². The Labute approximate surface area is 199 Å². The van der Waals surface area contributed by atoms with Crippen molar-refractivity contribution in [2.75, 3.05) is 11.1 Å². The molecule has 1 aliphatic rings. The van der Waals surface area contributed by atoms with E-state index < -0.39 is 0 Å². The third-order valence-corrected chi connectivity index (χ3v) is 7.82. The lowest BCUT2D eigenvalue weighted by molar-refractivity contribution is -0.113. The number of thiophene rings is 1. The number of nitrogens with one attached hydrogen (secondary N) is 1. The van der Waals surface area contributed by atoms with Gasteiger partial charge in [-0.2, -0.15) is 0 Å². The molecular formula is C24H23N5O2S2. The number of anilines is 1. The Balaban J connectivity index is 1.38. The second-order valence-corrected chi connectivity index (χ2v) is 10.2. The zero-order chi connectivity index (χ0) is 22.9. The van der Waals surface area contributed by atoms with Crippen molar-refractivity contribution in [3.63, 3.8) is 0 Å². The number of amides is 1. The topological polar surface area (TPSA) is 89.2 Å². The second-order valence-electron chi connectivity index (χ2n) is 8.10. The van der Waals surface area contributed by atoms with Crippen molar-refractivity contribution in [3.8, 4) is 0 Å². The fraction of sp³-hybridized carbons (Fsp3) is 0.292. The van der Waals surface area contributed by atoms with Crippen LogP contribution >= 0.6 is 23.1 Å². The van der Waals surface area contributed by atoms with Gasteiger partial charge in [-0.15, -0.1) is 21.5 Å². The van der Waals surface area contributed by atoms with Gasteiger partial charge in [-0.3, -0.25) is 14.0 Å². The molecule has 1 aromatic carbocycles. The monoisotopic (exact) mass is 477 g/mol. The van der Waals surface area contributed by atoms with Gasteiger partial charge in [0.1, 0.15) is 5.00 Å². The predicted octanol–water partition coefficient (Wildman–Crippen LogP) is 4.64. The van der Waals surface area contributed by atoms with Crippen molar-refractivity contribution >= 4 is 45.6 Å². The molecule has 7 nitrogen and oxygen atoms in total. The highest BCUT2D eigenvalue weighted by molar-refractivity contribution is 7.99. The van der Waals surface area contributed by atoms with Crippen LogP contribution < -0.4 is 5.32 Å². The summed E-state index contributed by atoms with van der Waals surface area (Å²) in [5, 5.41) is 12.6. The highest BCUT2D eigenvalue weighted by atomic mass is 32.2. The van der Waals surface area contributed by atoms with Crippen LogP contribution in [0.1, 0.15) is 50.6 Å². The average molecular weight is 478 g/mol. The number of hydrogen-bond donors (Lipinski definition) is 1.